The van der Waals surface area contributed by atoms with Gasteiger partial charge in [0.2, 0.25) is 0 Å². The minimum Gasteiger partial charge on any atom is -0.497 e. The first-order valence-electron chi connectivity index (χ1n) is 9.44. The largest absolute Gasteiger partial charge is 0.497 e. The van der Waals surface area contributed by atoms with Crippen molar-refractivity contribution >= 4 is 23.5 Å². The molecular weight excluding hydrogens is 372 g/mol. The van der Waals surface area contributed by atoms with E-state index in [2.05, 4.69) is 5.32 Å². The lowest BCUT2D eigenvalue weighted by Gasteiger charge is -2.19. The second kappa shape index (κ2) is 10.8. The number of hydrogen-bond donors (Lipinski definition) is 1. The van der Waals surface area contributed by atoms with Gasteiger partial charge in [0.15, 0.2) is 6.61 Å². The molecule has 0 aliphatic rings. The lowest BCUT2D eigenvalue weighted by molar-refractivity contribution is -0.146. The van der Waals surface area contributed by atoms with Gasteiger partial charge in [-0.1, -0.05) is 18.2 Å². The highest BCUT2D eigenvalue weighted by Gasteiger charge is 2.14. The van der Waals surface area contributed by atoms with Gasteiger partial charge in [0.1, 0.15) is 5.75 Å². The Morgan fingerprint density at radius 1 is 1.00 bits per heavy atom. The van der Waals surface area contributed by atoms with Gasteiger partial charge in [-0.15, -0.1) is 0 Å². The maximum absolute atomic E-state index is 12.4. The van der Waals surface area contributed by atoms with Crippen LogP contribution in [0.2, 0.25) is 0 Å². The molecule has 0 radical (unpaired) electrons. The number of nitrogens with one attached hydrogen (secondary N) is 1. The standard InChI is InChI=1S/C22H26N2O5/c1-4-24(5-2)22(27)17-7-6-8-18(14-17)23-20(25)15-29-21(26)13-16-9-11-19(28-3)12-10-16/h6-12,14H,4-5,13,15H2,1-3H3,(H,23,25). The fraction of sp³-hybridized carbons (Fsp3) is 0.318. The van der Waals surface area contributed by atoms with Gasteiger partial charge in [-0.3, -0.25) is 14.4 Å². The molecule has 0 atom stereocenters. The van der Waals surface area contributed by atoms with E-state index in [1.807, 2.05) is 13.8 Å². The summed E-state index contributed by atoms with van der Waals surface area (Å²) in [5.41, 5.74) is 1.72. The van der Waals surface area contributed by atoms with E-state index < -0.39 is 18.5 Å². The van der Waals surface area contributed by atoms with Crippen LogP contribution in [0.3, 0.4) is 0 Å². The third-order valence-corrected chi connectivity index (χ3v) is 4.32. The third kappa shape index (κ3) is 6.64. The Labute approximate surface area is 170 Å². The molecule has 154 valence electrons. The van der Waals surface area contributed by atoms with E-state index in [1.54, 1.807) is 60.5 Å². The second-order valence-corrected chi connectivity index (χ2v) is 6.29. The predicted octanol–water partition coefficient (Wildman–Crippen LogP) is 2.90. The van der Waals surface area contributed by atoms with Crippen molar-refractivity contribution in [1.29, 1.82) is 0 Å². The molecule has 0 saturated heterocycles. The molecule has 1 N–H and O–H groups in total. The molecule has 0 unspecified atom stereocenters. The molecule has 2 aromatic rings. The fourth-order valence-corrected chi connectivity index (χ4v) is 2.73. The number of benzene rings is 2. The Kier molecular flexibility index (Phi) is 8.21. The minimum atomic E-state index is -0.504. The topological polar surface area (TPSA) is 84.9 Å². The van der Waals surface area contributed by atoms with E-state index >= 15 is 0 Å². The molecule has 2 rings (SSSR count). The summed E-state index contributed by atoms with van der Waals surface area (Å²) in [5, 5.41) is 2.64. The highest BCUT2D eigenvalue weighted by molar-refractivity contribution is 5.97. The molecule has 0 saturated carbocycles. The summed E-state index contributed by atoms with van der Waals surface area (Å²) in [4.78, 5) is 38.1. The molecule has 7 heteroatoms. The van der Waals surface area contributed by atoms with Crippen LogP contribution in [0.25, 0.3) is 0 Å². The average Bonchev–Trinajstić information content (AvgIpc) is 2.74. The Hall–Kier alpha value is -3.35. The lowest BCUT2D eigenvalue weighted by Crippen LogP contribution is -2.30. The van der Waals surface area contributed by atoms with Crippen LogP contribution in [-0.2, 0) is 20.7 Å². The lowest BCUT2D eigenvalue weighted by atomic mass is 10.1. The van der Waals surface area contributed by atoms with Gasteiger partial charge in [0.25, 0.3) is 11.8 Å². The first kappa shape index (κ1) is 21.9. The number of methoxy groups -OCH3 is 1. The van der Waals surface area contributed by atoms with Crippen LogP contribution >= 0.6 is 0 Å². The van der Waals surface area contributed by atoms with Crippen molar-refractivity contribution < 1.29 is 23.9 Å². The maximum atomic E-state index is 12.4. The normalized spacial score (nSPS) is 10.2. The highest BCUT2D eigenvalue weighted by atomic mass is 16.5. The summed E-state index contributed by atoms with van der Waals surface area (Å²) in [6, 6.07) is 13.7. The van der Waals surface area contributed by atoms with Crippen molar-refractivity contribution in [2.45, 2.75) is 20.3 Å². The zero-order valence-corrected chi connectivity index (χ0v) is 16.9. The molecule has 29 heavy (non-hydrogen) atoms. The molecule has 0 aliphatic heterocycles. The zero-order valence-electron chi connectivity index (χ0n) is 16.9. The van der Waals surface area contributed by atoms with E-state index in [1.165, 1.54) is 0 Å². The van der Waals surface area contributed by atoms with Crippen LogP contribution in [0.4, 0.5) is 5.69 Å². The van der Waals surface area contributed by atoms with Crippen LogP contribution in [0.1, 0.15) is 29.8 Å². The predicted molar refractivity (Wildman–Crippen MR) is 110 cm³/mol. The van der Waals surface area contributed by atoms with Crippen LogP contribution < -0.4 is 10.1 Å². The number of carbonyl (C=O) groups excluding carboxylic acids is 3. The van der Waals surface area contributed by atoms with Crippen molar-refractivity contribution in [3.63, 3.8) is 0 Å². The summed E-state index contributed by atoms with van der Waals surface area (Å²) >= 11 is 0. The molecule has 0 spiro atoms. The van der Waals surface area contributed by atoms with Crippen LogP contribution in [-0.4, -0.2) is 49.5 Å². The van der Waals surface area contributed by atoms with E-state index in [0.29, 0.717) is 30.1 Å². The van der Waals surface area contributed by atoms with Gasteiger partial charge in [-0.25, -0.2) is 0 Å². The molecule has 0 aliphatic carbocycles. The van der Waals surface area contributed by atoms with Gasteiger partial charge in [0, 0.05) is 24.3 Å². The van der Waals surface area contributed by atoms with Gasteiger partial charge in [0.05, 0.1) is 13.5 Å². The molecule has 0 aromatic heterocycles. The fourth-order valence-electron chi connectivity index (χ4n) is 2.73. The van der Waals surface area contributed by atoms with Crippen molar-refractivity contribution in [2.75, 3.05) is 32.1 Å². The third-order valence-electron chi connectivity index (χ3n) is 4.32. The second-order valence-electron chi connectivity index (χ2n) is 6.29. The maximum Gasteiger partial charge on any atom is 0.310 e. The molecule has 7 nitrogen and oxygen atoms in total. The summed E-state index contributed by atoms with van der Waals surface area (Å²) < 4.78 is 10.1. The molecule has 0 fully saturated rings. The first-order chi connectivity index (χ1) is 14.0. The Morgan fingerprint density at radius 2 is 1.69 bits per heavy atom. The van der Waals surface area contributed by atoms with E-state index in [9.17, 15) is 14.4 Å². The summed E-state index contributed by atoms with van der Waals surface area (Å²) in [7, 11) is 1.57. The molecule has 0 heterocycles. The number of carbonyl (C=O) groups is 3. The Bertz CT molecular complexity index is 845. The van der Waals surface area contributed by atoms with Gasteiger partial charge < -0.3 is 19.7 Å². The van der Waals surface area contributed by atoms with E-state index in [0.717, 1.165) is 5.56 Å². The van der Waals surface area contributed by atoms with Crippen molar-refractivity contribution in [3.05, 3.63) is 59.7 Å². The Balaban J connectivity index is 1.86. The zero-order chi connectivity index (χ0) is 21.2. The number of hydrogen-bond acceptors (Lipinski definition) is 5. The monoisotopic (exact) mass is 398 g/mol. The molecule has 2 amide bonds. The average molecular weight is 398 g/mol. The quantitative estimate of drug-likeness (QED) is 0.657. The molecule has 2 aromatic carbocycles. The van der Waals surface area contributed by atoms with Crippen LogP contribution in [0.15, 0.2) is 48.5 Å². The van der Waals surface area contributed by atoms with Crippen molar-refractivity contribution in [2.24, 2.45) is 0 Å². The molecule has 0 bridgehead atoms. The summed E-state index contributed by atoms with van der Waals surface area (Å²) in [5.74, 6) is -0.378. The number of esters is 1. The van der Waals surface area contributed by atoms with Gasteiger partial charge in [-0.05, 0) is 49.7 Å². The van der Waals surface area contributed by atoms with Crippen molar-refractivity contribution in [3.8, 4) is 5.75 Å². The summed E-state index contributed by atoms with van der Waals surface area (Å²) in [6.45, 7) is 4.63. The van der Waals surface area contributed by atoms with Crippen LogP contribution in [0.5, 0.6) is 5.75 Å². The van der Waals surface area contributed by atoms with Crippen molar-refractivity contribution in [1.82, 2.24) is 4.90 Å². The van der Waals surface area contributed by atoms with Gasteiger partial charge >= 0.3 is 5.97 Å². The van der Waals surface area contributed by atoms with Crippen LogP contribution in [0, 0.1) is 0 Å². The first-order valence-corrected chi connectivity index (χ1v) is 9.44. The SMILES string of the molecule is CCN(CC)C(=O)c1cccc(NC(=O)COC(=O)Cc2ccc(OC)cc2)c1. The Morgan fingerprint density at radius 3 is 2.31 bits per heavy atom. The number of nitrogens with zero attached hydrogens (tertiary/aromatic N) is 1. The summed E-state index contributed by atoms with van der Waals surface area (Å²) in [6.07, 6.45) is 0.0606. The number of rotatable bonds is 9. The smallest absolute Gasteiger partial charge is 0.310 e. The minimum absolute atomic E-state index is 0.0606. The van der Waals surface area contributed by atoms with E-state index in [4.69, 9.17) is 9.47 Å². The number of ether oxygens (including phenoxy) is 2. The molecular formula is C22H26N2O5. The number of anilines is 1. The highest BCUT2D eigenvalue weighted by Crippen LogP contribution is 2.14. The van der Waals surface area contributed by atoms with Gasteiger partial charge in [-0.2, -0.15) is 0 Å². The number of amides is 2. The van der Waals surface area contributed by atoms with E-state index in [-0.39, 0.29) is 12.3 Å².